The van der Waals surface area contributed by atoms with Gasteiger partial charge in [-0.3, -0.25) is 0 Å². The summed E-state index contributed by atoms with van der Waals surface area (Å²) in [6, 6.07) is 11.7. The van der Waals surface area contributed by atoms with Crippen LogP contribution < -0.4 is 11.5 Å². The molecule has 0 aliphatic rings. The first kappa shape index (κ1) is 9.73. The van der Waals surface area contributed by atoms with E-state index in [9.17, 15) is 0 Å². The summed E-state index contributed by atoms with van der Waals surface area (Å²) in [5.74, 6) is 0.643. The zero-order chi connectivity index (χ0) is 10.7. The average Bonchev–Trinajstić information content (AvgIpc) is 2.61. The third-order valence-corrected chi connectivity index (χ3v) is 2.19. The summed E-state index contributed by atoms with van der Waals surface area (Å²) < 4.78 is 1.73. The molecule has 1 aromatic heterocycles. The van der Waals surface area contributed by atoms with Crippen molar-refractivity contribution >= 4 is 5.82 Å². The fraction of sp³-hybridized carbons (Fsp3) is 0.182. The number of hydrogen-bond acceptors (Lipinski definition) is 3. The van der Waals surface area contributed by atoms with E-state index in [1.54, 1.807) is 4.68 Å². The van der Waals surface area contributed by atoms with Crippen LogP contribution in [0.25, 0.3) is 5.69 Å². The quantitative estimate of drug-likeness (QED) is 0.778. The number of nitrogens with zero attached hydrogens (tertiary/aromatic N) is 2. The lowest BCUT2D eigenvalue weighted by atomic mass is 10.3. The lowest BCUT2D eigenvalue weighted by Crippen LogP contribution is -2.04. The molecule has 0 unspecified atom stereocenters. The van der Waals surface area contributed by atoms with Crippen molar-refractivity contribution in [3.8, 4) is 5.69 Å². The standard InChI is InChI=1S/C11H14N4/c12-7-6-9-8-11(13)15(14-9)10-4-2-1-3-5-10/h1-5,8H,6-7,12-13H2. The second kappa shape index (κ2) is 4.14. The molecule has 0 aliphatic carbocycles. The Bertz CT molecular complexity index is 433. The molecule has 0 amide bonds. The first-order valence-corrected chi connectivity index (χ1v) is 4.91. The predicted molar refractivity (Wildman–Crippen MR) is 60.7 cm³/mol. The summed E-state index contributed by atoms with van der Waals surface area (Å²) in [7, 11) is 0. The number of nitrogen functional groups attached to an aromatic ring is 1. The second-order valence-electron chi connectivity index (χ2n) is 3.35. The number of benzene rings is 1. The molecule has 78 valence electrons. The van der Waals surface area contributed by atoms with Gasteiger partial charge in [-0.1, -0.05) is 18.2 Å². The molecular formula is C11H14N4. The summed E-state index contributed by atoms with van der Waals surface area (Å²) in [5.41, 5.74) is 13.2. The Labute approximate surface area is 88.5 Å². The molecule has 0 bridgehead atoms. The van der Waals surface area contributed by atoms with Crippen LogP contribution in [0.15, 0.2) is 36.4 Å². The van der Waals surface area contributed by atoms with E-state index in [0.717, 1.165) is 17.8 Å². The molecular weight excluding hydrogens is 188 g/mol. The van der Waals surface area contributed by atoms with Gasteiger partial charge in [0.15, 0.2) is 0 Å². The maximum atomic E-state index is 5.86. The van der Waals surface area contributed by atoms with Crippen LogP contribution in [-0.4, -0.2) is 16.3 Å². The van der Waals surface area contributed by atoms with Crippen LogP contribution in [-0.2, 0) is 6.42 Å². The van der Waals surface area contributed by atoms with Gasteiger partial charge < -0.3 is 11.5 Å². The van der Waals surface area contributed by atoms with Crippen molar-refractivity contribution in [2.45, 2.75) is 6.42 Å². The summed E-state index contributed by atoms with van der Waals surface area (Å²) in [6.45, 7) is 0.589. The van der Waals surface area contributed by atoms with Crippen molar-refractivity contribution in [1.82, 2.24) is 9.78 Å². The monoisotopic (exact) mass is 202 g/mol. The van der Waals surface area contributed by atoms with Crippen LogP contribution in [0.5, 0.6) is 0 Å². The van der Waals surface area contributed by atoms with Crippen LogP contribution in [0.3, 0.4) is 0 Å². The van der Waals surface area contributed by atoms with Crippen molar-refractivity contribution in [2.24, 2.45) is 5.73 Å². The van der Waals surface area contributed by atoms with Crippen LogP contribution in [0.2, 0.25) is 0 Å². The van der Waals surface area contributed by atoms with E-state index in [2.05, 4.69) is 5.10 Å². The van der Waals surface area contributed by atoms with E-state index in [4.69, 9.17) is 11.5 Å². The summed E-state index contributed by atoms with van der Waals surface area (Å²) in [4.78, 5) is 0. The Hall–Kier alpha value is -1.81. The fourth-order valence-electron chi connectivity index (χ4n) is 1.49. The SMILES string of the molecule is NCCc1cc(N)n(-c2ccccc2)n1. The molecule has 2 aromatic rings. The minimum Gasteiger partial charge on any atom is -0.384 e. The Balaban J connectivity index is 2.36. The summed E-state index contributed by atoms with van der Waals surface area (Å²) >= 11 is 0. The smallest absolute Gasteiger partial charge is 0.127 e. The molecule has 0 aliphatic heterocycles. The van der Waals surface area contributed by atoms with E-state index in [1.165, 1.54) is 0 Å². The van der Waals surface area contributed by atoms with Gasteiger partial charge in [0, 0.05) is 12.5 Å². The first-order chi connectivity index (χ1) is 7.31. The lowest BCUT2D eigenvalue weighted by molar-refractivity contribution is 0.827. The molecule has 0 fully saturated rings. The molecule has 0 spiro atoms. The molecule has 1 heterocycles. The maximum Gasteiger partial charge on any atom is 0.127 e. The van der Waals surface area contributed by atoms with Crippen molar-refractivity contribution in [3.63, 3.8) is 0 Å². The number of rotatable bonds is 3. The Morgan fingerprint density at radius 1 is 1.20 bits per heavy atom. The molecule has 0 saturated heterocycles. The third-order valence-electron chi connectivity index (χ3n) is 2.19. The third kappa shape index (κ3) is 1.99. The Morgan fingerprint density at radius 2 is 1.93 bits per heavy atom. The molecule has 0 saturated carbocycles. The molecule has 4 nitrogen and oxygen atoms in total. The van der Waals surface area contributed by atoms with Gasteiger partial charge >= 0.3 is 0 Å². The molecule has 2 rings (SSSR count). The normalized spacial score (nSPS) is 10.5. The van der Waals surface area contributed by atoms with Crippen LogP contribution in [0.1, 0.15) is 5.69 Å². The molecule has 0 radical (unpaired) electrons. The molecule has 4 heteroatoms. The van der Waals surface area contributed by atoms with E-state index in [-0.39, 0.29) is 0 Å². The molecule has 1 aromatic carbocycles. The van der Waals surface area contributed by atoms with Gasteiger partial charge in [0.2, 0.25) is 0 Å². The van der Waals surface area contributed by atoms with Crippen LogP contribution in [0.4, 0.5) is 5.82 Å². The summed E-state index contributed by atoms with van der Waals surface area (Å²) in [5, 5.41) is 4.38. The Kier molecular flexibility index (Phi) is 2.69. The topological polar surface area (TPSA) is 69.9 Å². The minimum atomic E-state index is 0.589. The number of anilines is 1. The largest absolute Gasteiger partial charge is 0.384 e. The highest BCUT2D eigenvalue weighted by Gasteiger charge is 2.05. The van der Waals surface area contributed by atoms with Gasteiger partial charge in [0.05, 0.1) is 11.4 Å². The summed E-state index contributed by atoms with van der Waals surface area (Å²) in [6.07, 6.45) is 0.754. The van der Waals surface area contributed by atoms with Crippen LogP contribution in [0, 0.1) is 0 Å². The highest BCUT2D eigenvalue weighted by molar-refractivity contribution is 5.42. The highest BCUT2D eigenvalue weighted by Crippen LogP contribution is 2.13. The van der Waals surface area contributed by atoms with Crippen molar-refractivity contribution in [3.05, 3.63) is 42.1 Å². The zero-order valence-corrected chi connectivity index (χ0v) is 8.43. The highest BCUT2D eigenvalue weighted by atomic mass is 15.3. The van der Waals surface area contributed by atoms with E-state index in [1.807, 2.05) is 36.4 Å². The molecule has 4 N–H and O–H groups in total. The van der Waals surface area contributed by atoms with Gasteiger partial charge in [0.1, 0.15) is 5.82 Å². The van der Waals surface area contributed by atoms with Crippen LogP contribution >= 0.6 is 0 Å². The van der Waals surface area contributed by atoms with E-state index < -0.39 is 0 Å². The minimum absolute atomic E-state index is 0.589. The fourth-order valence-corrected chi connectivity index (χ4v) is 1.49. The van der Waals surface area contributed by atoms with Gasteiger partial charge in [-0.05, 0) is 18.7 Å². The van der Waals surface area contributed by atoms with Crippen molar-refractivity contribution < 1.29 is 0 Å². The molecule has 15 heavy (non-hydrogen) atoms. The lowest BCUT2D eigenvalue weighted by Gasteiger charge is -2.02. The second-order valence-corrected chi connectivity index (χ2v) is 3.35. The Morgan fingerprint density at radius 3 is 2.60 bits per heavy atom. The number of aromatic nitrogens is 2. The van der Waals surface area contributed by atoms with Crippen molar-refractivity contribution in [2.75, 3.05) is 12.3 Å². The van der Waals surface area contributed by atoms with Gasteiger partial charge in [0.25, 0.3) is 0 Å². The zero-order valence-electron chi connectivity index (χ0n) is 8.43. The van der Waals surface area contributed by atoms with Gasteiger partial charge in [-0.2, -0.15) is 5.10 Å². The van der Waals surface area contributed by atoms with E-state index >= 15 is 0 Å². The van der Waals surface area contributed by atoms with Crippen molar-refractivity contribution in [1.29, 1.82) is 0 Å². The molecule has 0 atom stereocenters. The number of nitrogens with two attached hydrogens (primary N) is 2. The maximum absolute atomic E-state index is 5.86. The average molecular weight is 202 g/mol. The number of hydrogen-bond donors (Lipinski definition) is 2. The first-order valence-electron chi connectivity index (χ1n) is 4.91. The number of para-hydroxylation sites is 1. The van der Waals surface area contributed by atoms with E-state index in [0.29, 0.717) is 12.4 Å². The van der Waals surface area contributed by atoms with Gasteiger partial charge in [-0.25, -0.2) is 4.68 Å². The predicted octanol–water partition coefficient (Wildman–Crippen LogP) is 0.956. The van der Waals surface area contributed by atoms with Gasteiger partial charge in [-0.15, -0.1) is 0 Å².